The average Bonchev–Trinajstić information content (AvgIpc) is 2.66. The maximum absolute atomic E-state index is 9.81. The molecule has 3 rings (SSSR count). The third kappa shape index (κ3) is 1.54. The van der Waals surface area contributed by atoms with Crippen LogP contribution in [0.15, 0.2) is 42.7 Å². The van der Waals surface area contributed by atoms with Crippen LogP contribution in [0.4, 0.5) is 0 Å². The van der Waals surface area contributed by atoms with Crippen LogP contribution in [0.3, 0.4) is 0 Å². The zero-order valence-corrected chi connectivity index (χ0v) is 9.33. The first-order chi connectivity index (χ1) is 8.25. The predicted octanol–water partition coefficient (Wildman–Crippen LogP) is 2.64. The van der Waals surface area contributed by atoms with Gasteiger partial charge < -0.3 is 5.21 Å². The Balaban J connectivity index is 2.23. The number of hydrogen-bond donors (Lipinski definition) is 1. The molecular weight excluding hydrogens is 214 g/mol. The van der Waals surface area contributed by atoms with Gasteiger partial charge in [-0.05, 0) is 42.3 Å². The lowest BCUT2D eigenvalue weighted by molar-refractivity contribution is 0.191. The van der Waals surface area contributed by atoms with Crippen LogP contribution >= 0.6 is 0 Å². The molecule has 17 heavy (non-hydrogen) atoms. The molecule has 4 heteroatoms. The lowest BCUT2D eigenvalue weighted by Crippen LogP contribution is -1.92. The smallest absolute Gasteiger partial charge is 0.142 e. The topological polar surface area (TPSA) is 50.9 Å². The standard InChI is InChI=1S/C13H11N3O/c1-9-15-12-3-2-11(8-13(12)16(9)17)10-4-6-14-7-5-10/h2-8,17H,1H3. The largest absolute Gasteiger partial charge is 0.427 e. The third-order valence-electron chi connectivity index (χ3n) is 2.81. The van der Waals surface area contributed by atoms with Crippen molar-refractivity contribution < 1.29 is 5.21 Å². The highest BCUT2D eigenvalue weighted by molar-refractivity contribution is 5.82. The molecule has 2 heterocycles. The minimum absolute atomic E-state index is 0.590. The molecule has 0 saturated carbocycles. The van der Waals surface area contributed by atoms with E-state index in [4.69, 9.17) is 0 Å². The van der Waals surface area contributed by atoms with Crippen LogP contribution in [-0.2, 0) is 0 Å². The van der Waals surface area contributed by atoms with Crippen LogP contribution in [0.5, 0.6) is 0 Å². The predicted molar refractivity (Wildman–Crippen MR) is 64.9 cm³/mol. The van der Waals surface area contributed by atoms with E-state index in [1.807, 2.05) is 30.3 Å². The van der Waals surface area contributed by atoms with E-state index in [-0.39, 0.29) is 0 Å². The molecule has 0 fully saturated rings. The van der Waals surface area contributed by atoms with Crippen LogP contribution in [0.1, 0.15) is 5.82 Å². The fourth-order valence-corrected chi connectivity index (χ4v) is 1.91. The van der Waals surface area contributed by atoms with Crippen LogP contribution in [0.25, 0.3) is 22.2 Å². The van der Waals surface area contributed by atoms with E-state index in [0.717, 1.165) is 26.9 Å². The molecule has 3 aromatic rings. The summed E-state index contributed by atoms with van der Waals surface area (Å²) in [7, 11) is 0. The molecule has 0 aliphatic heterocycles. The zero-order chi connectivity index (χ0) is 11.8. The minimum Gasteiger partial charge on any atom is -0.427 e. The van der Waals surface area contributed by atoms with Crippen molar-refractivity contribution in [2.75, 3.05) is 0 Å². The maximum Gasteiger partial charge on any atom is 0.142 e. The lowest BCUT2D eigenvalue weighted by Gasteiger charge is -2.01. The van der Waals surface area contributed by atoms with Gasteiger partial charge in [-0.1, -0.05) is 6.07 Å². The molecule has 0 spiro atoms. The van der Waals surface area contributed by atoms with Crippen molar-refractivity contribution in [2.45, 2.75) is 6.92 Å². The molecule has 0 bridgehead atoms. The van der Waals surface area contributed by atoms with Gasteiger partial charge in [0.05, 0.1) is 5.52 Å². The van der Waals surface area contributed by atoms with Crippen molar-refractivity contribution in [2.24, 2.45) is 0 Å². The molecular formula is C13H11N3O. The minimum atomic E-state index is 0.590. The summed E-state index contributed by atoms with van der Waals surface area (Å²) >= 11 is 0. The maximum atomic E-state index is 9.81. The summed E-state index contributed by atoms with van der Waals surface area (Å²) in [5.74, 6) is 0.590. The van der Waals surface area contributed by atoms with E-state index in [1.54, 1.807) is 19.3 Å². The van der Waals surface area contributed by atoms with E-state index in [0.29, 0.717) is 5.82 Å². The second kappa shape index (κ2) is 3.59. The molecule has 4 nitrogen and oxygen atoms in total. The van der Waals surface area contributed by atoms with Crippen molar-refractivity contribution in [3.63, 3.8) is 0 Å². The van der Waals surface area contributed by atoms with Crippen molar-refractivity contribution in [1.82, 2.24) is 14.7 Å². The fourth-order valence-electron chi connectivity index (χ4n) is 1.91. The summed E-state index contributed by atoms with van der Waals surface area (Å²) < 4.78 is 1.11. The molecule has 0 unspecified atom stereocenters. The molecule has 2 aromatic heterocycles. The average molecular weight is 225 g/mol. The van der Waals surface area contributed by atoms with E-state index < -0.39 is 0 Å². The van der Waals surface area contributed by atoms with E-state index in [2.05, 4.69) is 9.97 Å². The van der Waals surface area contributed by atoms with Gasteiger partial charge in [0.15, 0.2) is 0 Å². The molecule has 0 amide bonds. The van der Waals surface area contributed by atoms with Crippen molar-refractivity contribution >= 4 is 11.0 Å². The molecule has 0 aliphatic carbocycles. The molecule has 0 saturated heterocycles. The molecule has 0 atom stereocenters. The Morgan fingerprint density at radius 3 is 2.59 bits per heavy atom. The number of rotatable bonds is 1. The highest BCUT2D eigenvalue weighted by atomic mass is 16.5. The second-order valence-electron chi connectivity index (χ2n) is 3.91. The van der Waals surface area contributed by atoms with E-state index >= 15 is 0 Å². The monoisotopic (exact) mass is 225 g/mol. The number of nitrogens with zero attached hydrogens (tertiary/aromatic N) is 3. The van der Waals surface area contributed by atoms with Gasteiger partial charge in [0.2, 0.25) is 0 Å². The summed E-state index contributed by atoms with van der Waals surface area (Å²) in [6, 6.07) is 9.69. The van der Waals surface area contributed by atoms with Crippen LogP contribution in [0.2, 0.25) is 0 Å². The normalized spacial score (nSPS) is 10.9. The lowest BCUT2D eigenvalue weighted by atomic mass is 10.1. The first-order valence-corrected chi connectivity index (χ1v) is 5.34. The van der Waals surface area contributed by atoms with Gasteiger partial charge in [-0.2, -0.15) is 4.73 Å². The zero-order valence-electron chi connectivity index (χ0n) is 9.33. The number of aryl methyl sites for hydroxylation is 1. The summed E-state index contributed by atoms with van der Waals surface area (Å²) in [5, 5.41) is 9.81. The van der Waals surface area contributed by atoms with Crippen LogP contribution in [-0.4, -0.2) is 19.9 Å². The number of fused-ring (bicyclic) bond motifs is 1. The molecule has 0 aliphatic rings. The number of hydrogen-bond acceptors (Lipinski definition) is 3. The summed E-state index contributed by atoms with van der Waals surface area (Å²) in [6.45, 7) is 1.77. The summed E-state index contributed by atoms with van der Waals surface area (Å²) in [4.78, 5) is 8.24. The van der Waals surface area contributed by atoms with Gasteiger partial charge in [-0.3, -0.25) is 4.98 Å². The first-order valence-electron chi connectivity index (χ1n) is 5.34. The van der Waals surface area contributed by atoms with Crippen molar-refractivity contribution in [1.29, 1.82) is 0 Å². The van der Waals surface area contributed by atoms with E-state index in [1.165, 1.54) is 0 Å². The highest BCUT2D eigenvalue weighted by Crippen LogP contribution is 2.23. The first kappa shape index (κ1) is 9.84. The molecule has 0 radical (unpaired) electrons. The van der Waals surface area contributed by atoms with Gasteiger partial charge >= 0.3 is 0 Å². The quantitative estimate of drug-likeness (QED) is 0.648. The van der Waals surface area contributed by atoms with Gasteiger partial charge in [-0.25, -0.2) is 4.98 Å². The number of imidazole rings is 1. The summed E-state index contributed by atoms with van der Waals surface area (Å²) in [5.41, 5.74) is 3.62. The van der Waals surface area contributed by atoms with Crippen molar-refractivity contribution in [3.8, 4) is 11.1 Å². The number of aromatic nitrogens is 3. The Morgan fingerprint density at radius 2 is 1.82 bits per heavy atom. The van der Waals surface area contributed by atoms with Crippen LogP contribution < -0.4 is 0 Å². The SMILES string of the molecule is Cc1nc2ccc(-c3ccncc3)cc2n1O. The van der Waals surface area contributed by atoms with Gasteiger partial charge in [0.25, 0.3) is 0 Å². The Kier molecular flexibility index (Phi) is 2.08. The third-order valence-corrected chi connectivity index (χ3v) is 2.81. The van der Waals surface area contributed by atoms with Gasteiger partial charge in [0.1, 0.15) is 11.3 Å². The Bertz CT molecular complexity index is 674. The van der Waals surface area contributed by atoms with Gasteiger partial charge in [-0.15, -0.1) is 0 Å². The molecule has 84 valence electrons. The fraction of sp³-hybridized carbons (Fsp3) is 0.0769. The van der Waals surface area contributed by atoms with Gasteiger partial charge in [0, 0.05) is 12.4 Å². The highest BCUT2D eigenvalue weighted by Gasteiger charge is 2.07. The molecule has 1 N–H and O–H groups in total. The Labute approximate surface area is 98.1 Å². The Morgan fingerprint density at radius 1 is 1.06 bits per heavy atom. The number of benzene rings is 1. The summed E-state index contributed by atoms with van der Waals surface area (Å²) in [6.07, 6.45) is 3.50. The Hall–Kier alpha value is -2.36. The van der Waals surface area contributed by atoms with Crippen molar-refractivity contribution in [3.05, 3.63) is 48.5 Å². The number of pyridine rings is 1. The van der Waals surface area contributed by atoms with E-state index in [9.17, 15) is 5.21 Å². The molecule has 1 aromatic carbocycles. The second-order valence-corrected chi connectivity index (χ2v) is 3.91. The van der Waals surface area contributed by atoms with Crippen LogP contribution in [0, 0.1) is 6.92 Å².